The molecule has 2 bridgehead atoms. The smallest absolute Gasteiger partial charge is 0.0752 e. The number of halogens is 4. The summed E-state index contributed by atoms with van der Waals surface area (Å²) in [5.41, 5.74) is 0. The molecule has 0 aliphatic heterocycles. The Bertz CT molecular complexity index is 346. The van der Waals surface area contributed by atoms with Gasteiger partial charge < -0.3 is 0 Å². The maximum Gasteiger partial charge on any atom is 0.0752 e. The highest BCUT2D eigenvalue weighted by atomic mass is 35.5. The molecule has 0 N–H and O–H groups in total. The zero-order valence-corrected chi connectivity index (χ0v) is 11.0. The summed E-state index contributed by atoms with van der Waals surface area (Å²) in [4.78, 5) is 0. The predicted molar refractivity (Wildman–Crippen MR) is 65.3 cm³/mol. The monoisotopic (exact) mass is 282 g/mol. The van der Waals surface area contributed by atoms with Gasteiger partial charge in [0.25, 0.3) is 0 Å². The molecule has 0 nitrogen and oxygen atoms in total. The number of fused-ring (bicyclic) bond motifs is 5. The lowest BCUT2D eigenvalue weighted by Gasteiger charge is -2.34. The fourth-order valence-electron chi connectivity index (χ4n) is 3.52. The van der Waals surface area contributed by atoms with Gasteiger partial charge in [0.2, 0.25) is 0 Å². The Morgan fingerprint density at radius 1 is 0.733 bits per heavy atom. The van der Waals surface area contributed by atoms with Crippen molar-refractivity contribution in [2.24, 2.45) is 23.7 Å². The molecule has 0 spiro atoms. The second-order valence-electron chi connectivity index (χ2n) is 4.71. The van der Waals surface area contributed by atoms with E-state index in [-0.39, 0.29) is 0 Å². The van der Waals surface area contributed by atoms with E-state index >= 15 is 0 Å². The van der Waals surface area contributed by atoms with Crippen molar-refractivity contribution in [2.45, 2.75) is 19.3 Å². The molecule has 0 aromatic rings. The van der Waals surface area contributed by atoms with E-state index in [1.807, 2.05) is 0 Å². The van der Waals surface area contributed by atoms with Gasteiger partial charge in [-0.05, 0) is 31.1 Å². The van der Waals surface area contributed by atoms with Crippen molar-refractivity contribution in [1.82, 2.24) is 0 Å². The second kappa shape index (κ2) is 3.57. The van der Waals surface area contributed by atoms with Gasteiger partial charge in [0.05, 0.1) is 10.1 Å². The summed E-state index contributed by atoms with van der Waals surface area (Å²) in [5, 5.41) is 2.42. The molecular formula is C11H10Cl4. The van der Waals surface area contributed by atoms with Gasteiger partial charge in [-0.15, -0.1) is 0 Å². The van der Waals surface area contributed by atoms with Gasteiger partial charge in [0.15, 0.2) is 0 Å². The first-order valence-electron chi connectivity index (χ1n) is 5.22. The largest absolute Gasteiger partial charge is 0.0871 e. The average molecular weight is 284 g/mol. The first-order valence-corrected chi connectivity index (χ1v) is 6.73. The SMILES string of the molecule is ClC1=C(Cl)C2C3CCC(C3)C2C(Cl)=C1Cl. The molecule has 3 rings (SSSR count). The highest BCUT2D eigenvalue weighted by molar-refractivity contribution is 6.51. The van der Waals surface area contributed by atoms with Crippen molar-refractivity contribution < 1.29 is 0 Å². The molecule has 4 atom stereocenters. The van der Waals surface area contributed by atoms with Crippen LogP contribution in [0.25, 0.3) is 0 Å². The van der Waals surface area contributed by atoms with Crippen LogP contribution in [0.15, 0.2) is 20.1 Å². The lowest BCUT2D eigenvalue weighted by molar-refractivity contribution is 0.304. The Hall–Kier alpha value is 0.640. The Kier molecular flexibility index (Phi) is 2.56. The molecule has 15 heavy (non-hydrogen) atoms. The molecule has 0 saturated heterocycles. The second-order valence-corrected chi connectivity index (χ2v) is 6.28. The van der Waals surface area contributed by atoms with Crippen LogP contribution in [-0.2, 0) is 0 Å². The molecule has 4 heteroatoms. The standard InChI is InChI=1S/C11H10Cl4/c12-8-6-4-1-2-5(3-4)7(6)9(13)11(15)10(8)14/h4-7H,1-3H2. The summed E-state index contributed by atoms with van der Waals surface area (Å²) in [6.45, 7) is 0. The molecule has 0 radical (unpaired) electrons. The summed E-state index contributed by atoms with van der Waals surface area (Å²) >= 11 is 24.8. The molecular weight excluding hydrogens is 274 g/mol. The fourth-order valence-corrected chi connectivity index (χ4v) is 4.89. The zero-order chi connectivity index (χ0) is 10.7. The van der Waals surface area contributed by atoms with Crippen LogP contribution in [0, 0.1) is 23.7 Å². The van der Waals surface area contributed by atoms with Crippen LogP contribution < -0.4 is 0 Å². The summed E-state index contributed by atoms with van der Waals surface area (Å²) in [7, 11) is 0. The lowest BCUT2D eigenvalue weighted by Crippen LogP contribution is -2.26. The summed E-state index contributed by atoms with van der Waals surface area (Å²) in [6, 6.07) is 0. The molecule has 82 valence electrons. The van der Waals surface area contributed by atoms with E-state index in [0.29, 0.717) is 33.7 Å². The average Bonchev–Trinajstić information content (AvgIpc) is 2.82. The maximum absolute atomic E-state index is 6.29. The quantitative estimate of drug-likeness (QED) is 0.584. The van der Waals surface area contributed by atoms with Crippen molar-refractivity contribution in [1.29, 1.82) is 0 Å². The van der Waals surface area contributed by atoms with Crippen LogP contribution in [0.2, 0.25) is 0 Å². The Morgan fingerprint density at radius 2 is 1.13 bits per heavy atom. The van der Waals surface area contributed by atoms with Crippen LogP contribution in [0.4, 0.5) is 0 Å². The van der Waals surface area contributed by atoms with E-state index < -0.39 is 0 Å². The molecule has 0 aromatic carbocycles. The summed E-state index contributed by atoms with van der Waals surface area (Å²) < 4.78 is 0. The summed E-state index contributed by atoms with van der Waals surface area (Å²) in [5.74, 6) is 2.01. The molecule has 0 heterocycles. The van der Waals surface area contributed by atoms with E-state index in [1.165, 1.54) is 19.3 Å². The third kappa shape index (κ3) is 1.35. The maximum atomic E-state index is 6.29. The predicted octanol–water partition coefficient (Wildman–Crippen LogP) is 5.04. The van der Waals surface area contributed by atoms with Crippen molar-refractivity contribution in [2.75, 3.05) is 0 Å². The molecule has 2 fully saturated rings. The topological polar surface area (TPSA) is 0 Å². The van der Waals surface area contributed by atoms with E-state index in [0.717, 1.165) is 10.1 Å². The van der Waals surface area contributed by atoms with Gasteiger partial charge in [-0.25, -0.2) is 0 Å². The van der Waals surface area contributed by atoms with Crippen LogP contribution in [0.3, 0.4) is 0 Å². The molecule has 2 saturated carbocycles. The van der Waals surface area contributed by atoms with Crippen molar-refractivity contribution in [3.8, 4) is 0 Å². The van der Waals surface area contributed by atoms with E-state index in [2.05, 4.69) is 0 Å². The van der Waals surface area contributed by atoms with Gasteiger partial charge in [-0.3, -0.25) is 0 Å². The number of hydrogen-bond acceptors (Lipinski definition) is 0. The van der Waals surface area contributed by atoms with Crippen LogP contribution in [0.1, 0.15) is 19.3 Å². The number of rotatable bonds is 0. The third-order valence-electron chi connectivity index (χ3n) is 4.11. The minimum Gasteiger partial charge on any atom is -0.0871 e. The summed E-state index contributed by atoms with van der Waals surface area (Å²) in [6.07, 6.45) is 3.75. The molecule has 4 unspecified atom stereocenters. The molecule has 3 aliphatic carbocycles. The first-order chi connectivity index (χ1) is 7.11. The van der Waals surface area contributed by atoms with Gasteiger partial charge in [-0.2, -0.15) is 0 Å². The Morgan fingerprint density at radius 3 is 1.53 bits per heavy atom. The fraction of sp³-hybridized carbons (Fsp3) is 0.636. The number of allylic oxidation sites excluding steroid dienone is 4. The molecule has 3 aliphatic rings. The van der Waals surface area contributed by atoms with Crippen LogP contribution >= 0.6 is 46.4 Å². The van der Waals surface area contributed by atoms with Crippen molar-refractivity contribution >= 4 is 46.4 Å². The van der Waals surface area contributed by atoms with Gasteiger partial charge in [0.1, 0.15) is 0 Å². The number of hydrogen-bond donors (Lipinski definition) is 0. The van der Waals surface area contributed by atoms with Crippen molar-refractivity contribution in [3.05, 3.63) is 20.1 Å². The zero-order valence-electron chi connectivity index (χ0n) is 7.94. The minimum atomic E-state index is 0.341. The van der Waals surface area contributed by atoms with E-state index in [1.54, 1.807) is 0 Å². The Labute approximate surface area is 109 Å². The normalized spacial score (nSPS) is 44.0. The highest BCUT2D eigenvalue weighted by Crippen LogP contribution is 2.62. The Balaban J connectivity index is 2.11. The van der Waals surface area contributed by atoms with Crippen molar-refractivity contribution in [3.63, 3.8) is 0 Å². The van der Waals surface area contributed by atoms with E-state index in [9.17, 15) is 0 Å². The van der Waals surface area contributed by atoms with Crippen LogP contribution in [-0.4, -0.2) is 0 Å². The first kappa shape index (κ1) is 10.8. The molecule has 0 amide bonds. The lowest BCUT2D eigenvalue weighted by atomic mass is 9.76. The van der Waals surface area contributed by atoms with Gasteiger partial charge >= 0.3 is 0 Å². The van der Waals surface area contributed by atoms with Crippen LogP contribution in [0.5, 0.6) is 0 Å². The van der Waals surface area contributed by atoms with E-state index in [4.69, 9.17) is 46.4 Å². The minimum absolute atomic E-state index is 0.341. The third-order valence-corrected chi connectivity index (χ3v) is 6.07. The highest BCUT2D eigenvalue weighted by Gasteiger charge is 2.52. The van der Waals surface area contributed by atoms with Gasteiger partial charge in [-0.1, -0.05) is 46.4 Å². The molecule has 0 aromatic heterocycles. The van der Waals surface area contributed by atoms with Gasteiger partial charge in [0, 0.05) is 21.9 Å².